The zero-order chi connectivity index (χ0) is 20.6. The highest BCUT2D eigenvalue weighted by atomic mass is 19.4. The first kappa shape index (κ1) is 23.2. The maximum atomic E-state index is 12.2. The van der Waals surface area contributed by atoms with Crippen LogP contribution in [0, 0.1) is 5.92 Å². The van der Waals surface area contributed by atoms with E-state index < -0.39 is 12.1 Å². The molecule has 0 bridgehead atoms. The van der Waals surface area contributed by atoms with Crippen LogP contribution in [0.1, 0.15) is 33.1 Å². The molecule has 10 heteroatoms. The first-order valence-corrected chi connectivity index (χ1v) is 9.06. The molecular formula is C17H28F3N3O4. The van der Waals surface area contributed by atoms with Crippen LogP contribution in [0.3, 0.4) is 0 Å². The van der Waals surface area contributed by atoms with E-state index in [1.165, 1.54) is 12.8 Å². The lowest BCUT2D eigenvalue weighted by atomic mass is 10.0. The van der Waals surface area contributed by atoms with Crippen LogP contribution in [-0.4, -0.2) is 89.6 Å². The summed E-state index contributed by atoms with van der Waals surface area (Å²) in [5, 5.41) is 7.12. The Morgan fingerprint density at radius 2 is 1.56 bits per heavy atom. The number of nitrogens with zero attached hydrogens (tertiary/aromatic N) is 3. The lowest BCUT2D eigenvalue weighted by molar-refractivity contribution is -0.192. The van der Waals surface area contributed by atoms with Crippen LogP contribution in [0.5, 0.6) is 0 Å². The second kappa shape index (κ2) is 10.5. The van der Waals surface area contributed by atoms with Gasteiger partial charge in [-0.25, -0.2) is 4.79 Å². The smallest absolute Gasteiger partial charge is 0.475 e. The monoisotopic (exact) mass is 395 g/mol. The van der Waals surface area contributed by atoms with E-state index in [0.29, 0.717) is 32.6 Å². The Kier molecular flexibility index (Phi) is 9.01. The number of piperazine rings is 1. The van der Waals surface area contributed by atoms with Gasteiger partial charge in [-0.3, -0.25) is 9.59 Å². The predicted molar refractivity (Wildman–Crippen MR) is 92.0 cm³/mol. The number of carbonyl (C=O) groups is 3. The number of carboxylic acids is 1. The molecule has 0 aromatic rings. The third-order valence-corrected chi connectivity index (χ3v) is 4.70. The molecule has 1 N–H and O–H groups in total. The van der Waals surface area contributed by atoms with E-state index in [9.17, 15) is 22.8 Å². The highest BCUT2D eigenvalue weighted by molar-refractivity contribution is 5.77. The summed E-state index contributed by atoms with van der Waals surface area (Å²) in [6.45, 7) is 9.77. The summed E-state index contributed by atoms with van der Waals surface area (Å²) >= 11 is 0. The number of hydrogen-bond donors (Lipinski definition) is 1. The summed E-state index contributed by atoms with van der Waals surface area (Å²) in [5.41, 5.74) is 0. The number of amides is 2. The average Bonchev–Trinajstić information content (AvgIpc) is 2.59. The van der Waals surface area contributed by atoms with Crippen LogP contribution < -0.4 is 0 Å². The van der Waals surface area contributed by atoms with Crippen molar-refractivity contribution in [2.24, 2.45) is 5.92 Å². The van der Waals surface area contributed by atoms with Gasteiger partial charge in [0.15, 0.2) is 0 Å². The molecule has 1 atom stereocenters. The summed E-state index contributed by atoms with van der Waals surface area (Å²) in [6.07, 6.45) is -1.89. The maximum Gasteiger partial charge on any atom is 0.490 e. The Morgan fingerprint density at radius 1 is 1.04 bits per heavy atom. The Morgan fingerprint density at radius 3 is 2.00 bits per heavy atom. The second-order valence-corrected chi connectivity index (χ2v) is 6.99. The molecule has 2 rings (SSSR count). The summed E-state index contributed by atoms with van der Waals surface area (Å²) < 4.78 is 31.7. The fourth-order valence-corrected chi connectivity index (χ4v) is 3.17. The van der Waals surface area contributed by atoms with E-state index in [1.54, 1.807) is 6.92 Å². The number of alkyl halides is 3. The molecule has 2 aliphatic heterocycles. The fraction of sp³-hybridized carbons (Fsp3) is 0.824. The van der Waals surface area contributed by atoms with Gasteiger partial charge in [0.2, 0.25) is 11.8 Å². The van der Waals surface area contributed by atoms with Crippen molar-refractivity contribution >= 4 is 17.8 Å². The highest BCUT2D eigenvalue weighted by Gasteiger charge is 2.38. The van der Waals surface area contributed by atoms with Crippen molar-refractivity contribution in [3.05, 3.63) is 0 Å². The second-order valence-electron chi connectivity index (χ2n) is 6.99. The molecular weight excluding hydrogens is 367 g/mol. The van der Waals surface area contributed by atoms with Gasteiger partial charge in [0.1, 0.15) is 0 Å². The molecule has 0 saturated carbocycles. The third kappa shape index (κ3) is 8.59. The van der Waals surface area contributed by atoms with Crippen LogP contribution in [0.2, 0.25) is 0 Å². The fourth-order valence-electron chi connectivity index (χ4n) is 3.17. The lowest BCUT2D eigenvalue weighted by Crippen LogP contribution is -2.50. The largest absolute Gasteiger partial charge is 0.490 e. The van der Waals surface area contributed by atoms with Gasteiger partial charge in [0.25, 0.3) is 0 Å². The van der Waals surface area contributed by atoms with Crippen molar-refractivity contribution in [1.82, 2.24) is 14.7 Å². The summed E-state index contributed by atoms with van der Waals surface area (Å²) in [7, 11) is 0. The molecule has 7 nitrogen and oxygen atoms in total. The third-order valence-electron chi connectivity index (χ3n) is 4.70. The van der Waals surface area contributed by atoms with Crippen molar-refractivity contribution < 1.29 is 32.7 Å². The summed E-state index contributed by atoms with van der Waals surface area (Å²) in [4.78, 5) is 38.5. The van der Waals surface area contributed by atoms with Crippen molar-refractivity contribution in [3.8, 4) is 0 Å². The molecule has 27 heavy (non-hydrogen) atoms. The number of likely N-dealkylation sites (tertiary alicyclic amines) is 1. The Hall–Kier alpha value is -1.84. The van der Waals surface area contributed by atoms with Crippen LogP contribution >= 0.6 is 0 Å². The first-order chi connectivity index (χ1) is 12.5. The quantitative estimate of drug-likeness (QED) is 0.782. The minimum atomic E-state index is -5.08. The van der Waals surface area contributed by atoms with Crippen LogP contribution in [0.25, 0.3) is 0 Å². The van der Waals surface area contributed by atoms with Gasteiger partial charge in [-0.1, -0.05) is 6.92 Å². The standard InChI is InChI=1S/C15H27N3O2.C2HF3O2/c1-13-4-3-6-16(12-13)7-5-15(20)18-10-8-17(9-11-18)14(2)19;3-2(4,5)1(6)7/h13H,3-12H2,1-2H3;(H,6,7). The number of aliphatic carboxylic acids is 1. The van der Waals surface area contributed by atoms with Crippen LogP contribution in [-0.2, 0) is 14.4 Å². The minimum absolute atomic E-state index is 0.111. The number of halogens is 3. The van der Waals surface area contributed by atoms with Crippen molar-refractivity contribution in [1.29, 1.82) is 0 Å². The zero-order valence-corrected chi connectivity index (χ0v) is 15.8. The molecule has 156 valence electrons. The Labute approximate surface area is 157 Å². The molecule has 2 saturated heterocycles. The number of rotatable bonds is 3. The lowest BCUT2D eigenvalue weighted by Gasteiger charge is -2.35. The van der Waals surface area contributed by atoms with Gasteiger partial charge in [0, 0.05) is 52.6 Å². The van der Waals surface area contributed by atoms with Gasteiger partial charge in [-0.15, -0.1) is 0 Å². The molecule has 0 aliphatic carbocycles. The number of piperidine rings is 1. The van der Waals surface area contributed by atoms with Gasteiger partial charge < -0.3 is 19.8 Å². The van der Waals surface area contributed by atoms with E-state index in [1.807, 2.05) is 9.80 Å². The molecule has 0 radical (unpaired) electrons. The topological polar surface area (TPSA) is 81.2 Å². The number of carbonyl (C=O) groups excluding carboxylic acids is 2. The molecule has 0 aromatic heterocycles. The molecule has 1 unspecified atom stereocenters. The Bertz CT molecular complexity index is 520. The molecule has 2 heterocycles. The van der Waals surface area contributed by atoms with Crippen molar-refractivity contribution in [3.63, 3.8) is 0 Å². The van der Waals surface area contributed by atoms with Gasteiger partial charge in [-0.2, -0.15) is 13.2 Å². The van der Waals surface area contributed by atoms with Crippen LogP contribution in [0.4, 0.5) is 13.2 Å². The minimum Gasteiger partial charge on any atom is -0.475 e. The number of hydrogen-bond acceptors (Lipinski definition) is 4. The number of carboxylic acid groups (broad SMARTS) is 1. The summed E-state index contributed by atoms with van der Waals surface area (Å²) in [6, 6.07) is 0. The van der Waals surface area contributed by atoms with Crippen molar-refractivity contribution in [2.75, 3.05) is 45.8 Å². The molecule has 2 fully saturated rings. The van der Waals surface area contributed by atoms with E-state index in [0.717, 1.165) is 25.6 Å². The maximum absolute atomic E-state index is 12.2. The Balaban J connectivity index is 0.000000445. The molecule has 2 aliphatic rings. The first-order valence-electron chi connectivity index (χ1n) is 9.06. The van der Waals surface area contributed by atoms with Crippen molar-refractivity contribution in [2.45, 2.75) is 39.3 Å². The van der Waals surface area contributed by atoms with Crippen LogP contribution in [0.15, 0.2) is 0 Å². The average molecular weight is 395 g/mol. The summed E-state index contributed by atoms with van der Waals surface area (Å²) in [5.74, 6) is -1.64. The van der Waals surface area contributed by atoms with Gasteiger partial charge in [-0.05, 0) is 25.3 Å². The SMILES string of the molecule is CC(=O)N1CCN(C(=O)CCN2CCCC(C)C2)CC1.O=C(O)C(F)(F)F. The van der Waals surface area contributed by atoms with E-state index in [2.05, 4.69) is 11.8 Å². The zero-order valence-electron chi connectivity index (χ0n) is 15.8. The molecule has 2 amide bonds. The van der Waals surface area contributed by atoms with E-state index in [4.69, 9.17) is 9.90 Å². The van der Waals surface area contributed by atoms with E-state index >= 15 is 0 Å². The van der Waals surface area contributed by atoms with E-state index in [-0.39, 0.29) is 11.8 Å². The molecule has 0 spiro atoms. The van der Waals surface area contributed by atoms with Gasteiger partial charge >= 0.3 is 12.1 Å². The molecule has 0 aromatic carbocycles. The highest BCUT2D eigenvalue weighted by Crippen LogP contribution is 2.16. The predicted octanol–water partition coefficient (Wildman–Crippen LogP) is 1.43. The normalized spacial score (nSPS) is 21.3. The van der Waals surface area contributed by atoms with Gasteiger partial charge in [0.05, 0.1) is 0 Å².